The zero-order valence-electron chi connectivity index (χ0n) is 28.3. The average Bonchev–Trinajstić information content (AvgIpc) is 3.96. The van der Waals surface area contributed by atoms with Crippen molar-refractivity contribution in [3.8, 4) is 27.6 Å². The largest absolute Gasteiger partial charge is 0.496 e. The molecule has 3 aliphatic heterocycles. The van der Waals surface area contributed by atoms with E-state index in [1.807, 2.05) is 17.9 Å². The molecule has 262 valence electrons. The number of carbonyl (C=O) groups is 1. The number of rotatable bonds is 8. The van der Waals surface area contributed by atoms with E-state index in [0.717, 1.165) is 68.7 Å². The number of ether oxygens (including phenoxy) is 1. The number of methoxy groups -OCH3 is 1. The summed E-state index contributed by atoms with van der Waals surface area (Å²) in [6, 6.07) is 13.2. The SMILES string of the molecule is COc1cc(F)cc2c1CC[C@@H]2Nc1nc(C)cc2cc(-c3c4c(nc(CCc5ccc(F)cc5)c3-c3n[nH]c(=O)o3)C35CC(CN3C4=O)C5)sc12. The third-order valence-electron chi connectivity index (χ3n) is 11.3. The van der Waals surface area contributed by atoms with E-state index in [9.17, 15) is 18.4 Å². The predicted octanol–water partition coefficient (Wildman–Crippen LogP) is 7.26. The second-order valence-corrected chi connectivity index (χ2v) is 15.4. The van der Waals surface area contributed by atoms with Crippen LogP contribution in [0.15, 0.2) is 57.7 Å². The Bertz CT molecular complexity index is 2540. The lowest BCUT2D eigenvalue weighted by molar-refractivity contribution is 0.0637. The van der Waals surface area contributed by atoms with Crippen LogP contribution in [0.2, 0.25) is 0 Å². The molecule has 6 aromatic rings. The molecule has 3 fully saturated rings. The Morgan fingerprint density at radius 1 is 1.04 bits per heavy atom. The van der Waals surface area contributed by atoms with E-state index < -0.39 is 11.3 Å². The molecule has 1 spiro atoms. The monoisotopic (exact) mass is 718 g/mol. The fourth-order valence-corrected chi connectivity index (χ4v) is 10.2. The number of aryl methyl sites for hydroxylation is 3. The maximum absolute atomic E-state index is 14.7. The second kappa shape index (κ2) is 11.3. The first-order valence-electron chi connectivity index (χ1n) is 17.4. The number of hydrogen-bond donors (Lipinski definition) is 2. The fourth-order valence-electron chi connectivity index (χ4n) is 9.05. The molecule has 52 heavy (non-hydrogen) atoms. The number of pyridine rings is 2. The highest BCUT2D eigenvalue weighted by molar-refractivity contribution is 7.23. The van der Waals surface area contributed by atoms with Crippen molar-refractivity contribution >= 4 is 33.1 Å². The molecule has 2 saturated heterocycles. The van der Waals surface area contributed by atoms with Crippen molar-refractivity contribution in [2.75, 3.05) is 19.0 Å². The number of carbonyl (C=O) groups excluding carboxylic acids is 1. The Labute approximate surface area is 299 Å². The topological polar surface area (TPSA) is 126 Å². The summed E-state index contributed by atoms with van der Waals surface area (Å²) in [5.74, 6) is 0.248. The molecule has 4 aromatic heterocycles. The van der Waals surface area contributed by atoms with E-state index in [4.69, 9.17) is 19.1 Å². The number of nitrogens with one attached hydrogen (secondary N) is 2. The zero-order chi connectivity index (χ0) is 35.5. The minimum Gasteiger partial charge on any atom is -0.496 e. The number of nitrogens with zero attached hydrogens (tertiary/aromatic N) is 4. The van der Waals surface area contributed by atoms with Gasteiger partial charge in [-0.2, -0.15) is 0 Å². The molecule has 5 aliphatic rings. The van der Waals surface area contributed by atoms with Gasteiger partial charge in [0.05, 0.1) is 45.9 Å². The molecule has 0 unspecified atom stereocenters. The molecule has 7 heterocycles. The van der Waals surface area contributed by atoms with Gasteiger partial charge >= 0.3 is 5.76 Å². The van der Waals surface area contributed by atoms with E-state index in [1.54, 1.807) is 25.3 Å². The number of aromatic nitrogens is 4. The standard InChI is InChI=1S/C39H32F2N6O4S/c1-18-11-21-12-29(52-33(21)35(42-18)44-26-10-8-24-25(26)13-23(41)14-28(24)50-2)31-30(36-45-46-38(49)51-36)27(9-5-19-3-6-22(40)7-4-19)43-34-32(31)37(48)47-17-20-15-39(34,47)16-20/h3-4,6-7,11-14,20,26H,5,8-10,15-17H2,1-2H3,(H,42,44)(H,46,49)/t20?,26-,39?/m0/s1. The van der Waals surface area contributed by atoms with Crippen molar-refractivity contribution in [2.24, 2.45) is 5.92 Å². The molecular formula is C39H32F2N6O4S. The number of benzene rings is 2. The number of amides is 1. The van der Waals surface area contributed by atoms with Gasteiger partial charge < -0.3 is 19.4 Å². The van der Waals surface area contributed by atoms with Gasteiger partial charge in [-0.05, 0) is 104 Å². The third-order valence-corrected chi connectivity index (χ3v) is 12.4. The molecule has 2 aromatic carbocycles. The maximum Gasteiger partial charge on any atom is 0.434 e. The number of fused-ring (bicyclic) bond motifs is 3. The van der Waals surface area contributed by atoms with Crippen molar-refractivity contribution < 1.29 is 22.7 Å². The maximum atomic E-state index is 14.7. The van der Waals surface area contributed by atoms with Gasteiger partial charge in [0.25, 0.3) is 11.8 Å². The Kier molecular flexibility index (Phi) is 6.80. The molecule has 1 atom stereocenters. The second-order valence-electron chi connectivity index (χ2n) is 14.4. The first kappa shape index (κ1) is 31.3. The van der Waals surface area contributed by atoms with Crippen molar-refractivity contribution in [1.29, 1.82) is 0 Å². The van der Waals surface area contributed by atoms with Crippen LogP contribution in [0.5, 0.6) is 5.75 Å². The summed E-state index contributed by atoms with van der Waals surface area (Å²) in [4.78, 5) is 39.8. The molecule has 2 bridgehead atoms. The van der Waals surface area contributed by atoms with E-state index in [0.29, 0.717) is 59.3 Å². The summed E-state index contributed by atoms with van der Waals surface area (Å²) < 4.78 is 40.4. The number of thiophene rings is 1. The van der Waals surface area contributed by atoms with E-state index in [-0.39, 0.29) is 29.5 Å². The van der Waals surface area contributed by atoms with E-state index >= 15 is 0 Å². The molecule has 1 amide bonds. The molecule has 13 heteroatoms. The van der Waals surface area contributed by atoms with Gasteiger partial charge in [-0.1, -0.05) is 12.1 Å². The molecule has 0 radical (unpaired) electrons. The van der Waals surface area contributed by atoms with Crippen LogP contribution in [0.3, 0.4) is 0 Å². The number of H-pyrrole nitrogens is 1. The summed E-state index contributed by atoms with van der Waals surface area (Å²) in [6.07, 6.45) is 4.19. The minimum atomic E-state index is -0.717. The van der Waals surface area contributed by atoms with Crippen LogP contribution >= 0.6 is 11.3 Å². The normalized spacial score (nSPS) is 21.0. The Balaban J connectivity index is 1.16. The summed E-state index contributed by atoms with van der Waals surface area (Å²) in [6.45, 7) is 2.61. The Hall–Kier alpha value is -5.43. The quantitative estimate of drug-likeness (QED) is 0.169. The first-order chi connectivity index (χ1) is 25.2. The van der Waals surface area contributed by atoms with E-state index in [1.165, 1.54) is 29.5 Å². The highest BCUT2D eigenvalue weighted by atomic mass is 32.1. The van der Waals surface area contributed by atoms with Crippen LogP contribution in [0, 0.1) is 24.5 Å². The lowest BCUT2D eigenvalue weighted by atomic mass is 9.71. The Morgan fingerprint density at radius 3 is 2.63 bits per heavy atom. The van der Waals surface area contributed by atoms with Crippen molar-refractivity contribution in [1.82, 2.24) is 25.1 Å². The molecule has 2 N–H and O–H groups in total. The van der Waals surface area contributed by atoms with Crippen LogP contribution in [-0.2, 0) is 24.8 Å². The lowest BCUT2D eigenvalue weighted by Gasteiger charge is -2.37. The third kappa shape index (κ3) is 4.60. The molecule has 2 aliphatic carbocycles. The number of hydrogen-bond acceptors (Lipinski definition) is 9. The van der Waals surface area contributed by atoms with Crippen LogP contribution in [0.1, 0.15) is 69.4 Å². The molecule has 11 rings (SSSR count). The van der Waals surface area contributed by atoms with Crippen molar-refractivity contribution in [2.45, 2.75) is 57.0 Å². The number of anilines is 1. The smallest absolute Gasteiger partial charge is 0.434 e. The number of halogens is 2. The molecular weight excluding hydrogens is 687 g/mol. The van der Waals surface area contributed by atoms with Crippen molar-refractivity contribution in [3.05, 3.63) is 110 Å². The van der Waals surface area contributed by atoms with Gasteiger partial charge in [0.1, 0.15) is 23.2 Å². The minimum absolute atomic E-state index is 0.0527. The summed E-state index contributed by atoms with van der Waals surface area (Å²) in [5.41, 5.74) is 6.15. The summed E-state index contributed by atoms with van der Waals surface area (Å²) >= 11 is 1.49. The zero-order valence-corrected chi connectivity index (χ0v) is 29.1. The van der Waals surface area contributed by atoms with Gasteiger partial charge in [0.2, 0.25) is 0 Å². The van der Waals surface area contributed by atoms with Gasteiger partial charge in [-0.25, -0.2) is 23.7 Å². The Morgan fingerprint density at radius 2 is 1.87 bits per heavy atom. The summed E-state index contributed by atoms with van der Waals surface area (Å²) in [7, 11) is 1.55. The van der Waals surface area contributed by atoms with E-state index in [2.05, 4.69) is 21.6 Å². The highest BCUT2D eigenvalue weighted by Gasteiger charge is 2.65. The number of aromatic amines is 1. The van der Waals surface area contributed by atoms with Gasteiger partial charge in [0, 0.05) is 28.7 Å². The van der Waals surface area contributed by atoms with Crippen LogP contribution in [-0.4, -0.2) is 44.6 Å². The summed E-state index contributed by atoms with van der Waals surface area (Å²) in [5, 5.41) is 11.2. The van der Waals surface area contributed by atoms with Crippen LogP contribution < -0.4 is 15.8 Å². The van der Waals surface area contributed by atoms with Gasteiger partial charge in [-0.15, -0.1) is 16.4 Å². The van der Waals surface area contributed by atoms with Crippen LogP contribution in [0.4, 0.5) is 14.6 Å². The highest BCUT2D eigenvalue weighted by Crippen LogP contribution is 2.63. The van der Waals surface area contributed by atoms with Gasteiger partial charge in [0.15, 0.2) is 0 Å². The van der Waals surface area contributed by atoms with Crippen LogP contribution in [0.25, 0.3) is 32.0 Å². The van der Waals surface area contributed by atoms with Gasteiger partial charge in [-0.3, -0.25) is 9.78 Å². The lowest BCUT2D eigenvalue weighted by Crippen LogP contribution is -2.40. The first-order valence-corrected chi connectivity index (χ1v) is 18.2. The molecule has 1 saturated carbocycles. The van der Waals surface area contributed by atoms with Crippen molar-refractivity contribution in [3.63, 3.8) is 0 Å². The molecule has 10 nitrogen and oxygen atoms in total. The average molecular weight is 719 g/mol. The predicted molar refractivity (Wildman–Crippen MR) is 191 cm³/mol. The fraction of sp³-hybridized carbons (Fsp3) is 0.308.